The summed E-state index contributed by atoms with van der Waals surface area (Å²) in [5.41, 5.74) is 0.432. The Morgan fingerprint density at radius 2 is 1.73 bits per heavy atom. The van der Waals surface area contributed by atoms with Crippen LogP contribution < -0.4 is 16.4 Å². The zero-order chi connectivity index (χ0) is 15.9. The molecule has 3 rings (SSSR count). The predicted octanol–water partition coefficient (Wildman–Crippen LogP) is 1.08. The molecule has 7 nitrogen and oxygen atoms in total. The molecule has 0 atom stereocenters. The number of fused-ring (bicyclic) bond motifs is 1. The Kier molecular flexibility index (Phi) is 3.17. The standard InChI is InChI=1S/C15H13N3O4/c1-17-10-6-5-9(16-13(19)12-4-3-7-22-12)8-11(10)18(2)15(21)14(17)20/h3-8H,1-2H3,(H,16,19). The van der Waals surface area contributed by atoms with Gasteiger partial charge in [0, 0.05) is 19.8 Å². The van der Waals surface area contributed by atoms with Gasteiger partial charge in [-0.05, 0) is 30.3 Å². The summed E-state index contributed by atoms with van der Waals surface area (Å²) in [6, 6.07) is 8.14. The van der Waals surface area contributed by atoms with Gasteiger partial charge in [0.15, 0.2) is 5.76 Å². The molecule has 1 aromatic carbocycles. The number of nitrogens with zero attached hydrogens (tertiary/aromatic N) is 2. The minimum atomic E-state index is -0.621. The number of furan rings is 1. The number of hydrogen-bond acceptors (Lipinski definition) is 4. The van der Waals surface area contributed by atoms with Crippen LogP contribution in [0.1, 0.15) is 10.6 Å². The first-order chi connectivity index (χ1) is 10.5. The van der Waals surface area contributed by atoms with Crippen LogP contribution in [-0.2, 0) is 14.1 Å². The Labute approximate surface area is 124 Å². The van der Waals surface area contributed by atoms with Crippen LogP contribution in [0.15, 0.2) is 50.6 Å². The second-order valence-electron chi connectivity index (χ2n) is 4.86. The number of carbonyl (C=O) groups excluding carboxylic acids is 1. The van der Waals surface area contributed by atoms with Gasteiger partial charge in [0.25, 0.3) is 5.91 Å². The number of aryl methyl sites for hydroxylation is 2. The summed E-state index contributed by atoms with van der Waals surface area (Å²) in [6.45, 7) is 0. The third-order valence-corrected chi connectivity index (χ3v) is 3.49. The number of carbonyl (C=O) groups is 1. The monoisotopic (exact) mass is 299 g/mol. The van der Waals surface area contributed by atoms with Gasteiger partial charge in [0.05, 0.1) is 17.3 Å². The Bertz CT molecular complexity index is 980. The van der Waals surface area contributed by atoms with Crippen molar-refractivity contribution >= 4 is 22.6 Å². The Balaban J connectivity index is 2.09. The van der Waals surface area contributed by atoms with Gasteiger partial charge < -0.3 is 18.9 Å². The number of amides is 1. The smallest absolute Gasteiger partial charge is 0.316 e. The molecule has 1 amide bonds. The zero-order valence-electron chi connectivity index (χ0n) is 12.0. The molecule has 0 radical (unpaired) electrons. The molecule has 0 aliphatic carbocycles. The largest absolute Gasteiger partial charge is 0.459 e. The number of nitrogens with one attached hydrogen (secondary N) is 1. The topological polar surface area (TPSA) is 86.2 Å². The van der Waals surface area contributed by atoms with Crippen LogP contribution in [0.3, 0.4) is 0 Å². The average Bonchev–Trinajstić information content (AvgIpc) is 3.05. The van der Waals surface area contributed by atoms with Crippen molar-refractivity contribution in [2.75, 3.05) is 5.32 Å². The molecule has 0 saturated carbocycles. The van der Waals surface area contributed by atoms with E-state index in [1.54, 1.807) is 30.3 Å². The number of aromatic nitrogens is 2. The van der Waals surface area contributed by atoms with Crippen molar-refractivity contribution < 1.29 is 9.21 Å². The fourth-order valence-corrected chi connectivity index (χ4v) is 2.26. The minimum absolute atomic E-state index is 0.189. The highest BCUT2D eigenvalue weighted by atomic mass is 16.3. The number of benzene rings is 1. The summed E-state index contributed by atoms with van der Waals surface area (Å²) in [7, 11) is 3.05. The molecule has 2 aromatic heterocycles. The quantitative estimate of drug-likeness (QED) is 0.717. The number of anilines is 1. The van der Waals surface area contributed by atoms with Gasteiger partial charge in [-0.2, -0.15) is 0 Å². The second kappa shape index (κ2) is 5.03. The lowest BCUT2D eigenvalue weighted by Crippen LogP contribution is -2.39. The van der Waals surface area contributed by atoms with E-state index in [4.69, 9.17) is 4.42 Å². The summed E-state index contributed by atoms with van der Waals surface area (Å²) < 4.78 is 7.57. The van der Waals surface area contributed by atoms with Crippen LogP contribution >= 0.6 is 0 Å². The van der Waals surface area contributed by atoms with E-state index in [-0.39, 0.29) is 11.7 Å². The molecule has 1 N–H and O–H groups in total. The van der Waals surface area contributed by atoms with Gasteiger partial charge in [-0.1, -0.05) is 0 Å². The summed E-state index contributed by atoms with van der Waals surface area (Å²) >= 11 is 0. The summed E-state index contributed by atoms with van der Waals surface area (Å²) in [5, 5.41) is 2.68. The third kappa shape index (κ3) is 2.12. The van der Waals surface area contributed by atoms with Gasteiger partial charge >= 0.3 is 11.1 Å². The minimum Gasteiger partial charge on any atom is -0.459 e. The number of rotatable bonds is 2. The molecule has 112 valence electrons. The molecule has 3 aromatic rings. The van der Waals surface area contributed by atoms with Crippen LogP contribution in [0.2, 0.25) is 0 Å². The third-order valence-electron chi connectivity index (χ3n) is 3.49. The predicted molar refractivity (Wildman–Crippen MR) is 81.1 cm³/mol. The van der Waals surface area contributed by atoms with Crippen molar-refractivity contribution in [3.63, 3.8) is 0 Å². The number of hydrogen-bond donors (Lipinski definition) is 1. The summed E-state index contributed by atoms with van der Waals surface area (Å²) in [4.78, 5) is 35.6. The van der Waals surface area contributed by atoms with Gasteiger partial charge in [0.1, 0.15) is 0 Å². The van der Waals surface area contributed by atoms with Gasteiger partial charge in [-0.25, -0.2) is 0 Å². The van der Waals surface area contributed by atoms with E-state index in [0.29, 0.717) is 16.7 Å². The molecule has 2 heterocycles. The lowest BCUT2D eigenvalue weighted by molar-refractivity contribution is 0.0996. The summed E-state index contributed by atoms with van der Waals surface area (Å²) in [6.07, 6.45) is 1.41. The van der Waals surface area contributed by atoms with Gasteiger partial charge in [-0.3, -0.25) is 14.4 Å². The highest BCUT2D eigenvalue weighted by Gasteiger charge is 2.12. The van der Waals surface area contributed by atoms with E-state index in [9.17, 15) is 14.4 Å². The molecule has 0 fully saturated rings. The molecule has 22 heavy (non-hydrogen) atoms. The molecule has 0 unspecified atom stereocenters. The van der Waals surface area contributed by atoms with E-state index < -0.39 is 11.1 Å². The lowest BCUT2D eigenvalue weighted by atomic mass is 10.2. The van der Waals surface area contributed by atoms with Crippen molar-refractivity contribution in [2.45, 2.75) is 0 Å². The van der Waals surface area contributed by atoms with E-state index >= 15 is 0 Å². The van der Waals surface area contributed by atoms with Crippen molar-refractivity contribution in [1.29, 1.82) is 0 Å². The Hall–Kier alpha value is -3.09. The van der Waals surface area contributed by atoms with Crippen LogP contribution in [0.5, 0.6) is 0 Å². The highest BCUT2D eigenvalue weighted by molar-refractivity contribution is 6.03. The molecule has 0 aliphatic rings. The fourth-order valence-electron chi connectivity index (χ4n) is 2.26. The van der Waals surface area contributed by atoms with Gasteiger partial charge in [-0.15, -0.1) is 0 Å². The first-order valence-corrected chi connectivity index (χ1v) is 6.53. The maximum absolute atomic E-state index is 12.0. The van der Waals surface area contributed by atoms with Crippen molar-refractivity contribution in [3.8, 4) is 0 Å². The molecular weight excluding hydrogens is 286 g/mol. The van der Waals surface area contributed by atoms with Crippen molar-refractivity contribution in [1.82, 2.24) is 9.13 Å². The van der Waals surface area contributed by atoms with Crippen LogP contribution in [0.4, 0.5) is 5.69 Å². The zero-order valence-corrected chi connectivity index (χ0v) is 12.0. The van der Waals surface area contributed by atoms with E-state index in [1.807, 2.05) is 0 Å². The molecule has 7 heteroatoms. The van der Waals surface area contributed by atoms with Crippen LogP contribution in [-0.4, -0.2) is 15.0 Å². The normalized spacial score (nSPS) is 10.8. The second-order valence-corrected chi connectivity index (χ2v) is 4.86. The van der Waals surface area contributed by atoms with Gasteiger partial charge in [0.2, 0.25) is 0 Å². The van der Waals surface area contributed by atoms with Crippen LogP contribution in [0.25, 0.3) is 11.0 Å². The fraction of sp³-hybridized carbons (Fsp3) is 0.133. The van der Waals surface area contributed by atoms with E-state index in [1.165, 1.54) is 29.5 Å². The Morgan fingerprint density at radius 3 is 2.36 bits per heavy atom. The van der Waals surface area contributed by atoms with E-state index in [2.05, 4.69) is 5.32 Å². The first kappa shape index (κ1) is 13.9. The SMILES string of the molecule is Cn1c(=O)c(=O)n(C)c2cc(NC(=O)c3ccco3)ccc21. The van der Waals surface area contributed by atoms with E-state index in [0.717, 1.165) is 0 Å². The van der Waals surface area contributed by atoms with Crippen LogP contribution in [0, 0.1) is 0 Å². The van der Waals surface area contributed by atoms with Crippen molar-refractivity contribution in [2.24, 2.45) is 14.1 Å². The maximum atomic E-state index is 12.0. The first-order valence-electron chi connectivity index (χ1n) is 6.53. The molecular formula is C15H13N3O4. The lowest BCUT2D eigenvalue weighted by Gasteiger charge is -2.10. The summed E-state index contributed by atoms with van der Waals surface area (Å²) in [5.74, 6) is -0.200. The maximum Gasteiger partial charge on any atom is 0.316 e. The highest BCUT2D eigenvalue weighted by Crippen LogP contribution is 2.17. The molecule has 0 bridgehead atoms. The molecule has 0 aliphatic heterocycles. The Morgan fingerprint density at radius 1 is 1.05 bits per heavy atom. The average molecular weight is 299 g/mol. The van der Waals surface area contributed by atoms with Crippen molar-refractivity contribution in [3.05, 3.63) is 63.1 Å². The molecule has 0 saturated heterocycles. The molecule has 0 spiro atoms.